The number of ether oxygens (including phenoxy) is 4. The average molecular weight is 599 g/mol. The molecule has 2 aliphatic rings. The van der Waals surface area contributed by atoms with Crippen LogP contribution in [0.15, 0.2) is 69.7 Å². The Hall–Kier alpha value is -3.79. The highest BCUT2D eigenvalue weighted by Crippen LogP contribution is 2.50. The van der Waals surface area contributed by atoms with Crippen molar-refractivity contribution in [2.45, 2.75) is 39.5 Å². The smallest absolute Gasteiger partial charge is 0.340 e. The van der Waals surface area contributed by atoms with Crippen LogP contribution in [0, 0.1) is 5.41 Å². The molecule has 1 aliphatic heterocycles. The number of halogens is 1. The standard InChI is InChI=1S/C29H31BrN2O7/c1-5-37-28(35)26-24(25-20(33)13-29(2,3)14-22(25)39-27(26)31)19-12-16(30)6-11-21(19)38-15-23(34)32-17-7-9-18(36-4)10-8-17/h6-12,24H,5,13-15,31H2,1-4H3,(H,32,34). The third kappa shape index (κ3) is 6.27. The van der Waals surface area contributed by atoms with Crippen molar-refractivity contribution in [2.75, 3.05) is 25.6 Å². The van der Waals surface area contributed by atoms with Crippen LogP contribution >= 0.6 is 15.9 Å². The van der Waals surface area contributed by atoms with Crippen molar-refractivity contribution in [3.8, 4) is 11.5 Å². The first-order valence-electron chi connectivity index (χ1n) is 12.5. The first-order valence-corrected chi connectivity index (χ1v) is 13.3. The number of methoxy groups -OCH3 is 1. The highest BCUT2D eigenvalue weighted by Gasteiger charge is 2.46. The monoisotopic (exact) mass is 598 g/mol. The van der Waals surface area contributed by atoms with Gasteiger partial charge in [-0.25, -0.2) is 4.79 Å². The number of benzene rings is 2. The number of Topliss-reactive ketones (excluding diaryl/α,β-unsaturated/α-hetero) is 1. The second kappa shape index (κ2) is 11.5. The maximum absolute atomic E-state index is 13.5. The zero-order chi connectivity index (χ0) is 28.3. The third-order valence-electron chi connectivity index (χ3n) is 6.47. The molecule has 0 fully saturated rings. The number of allylic oxidation sites excluding steroid dienone is 2. The molecule has 0 bridgehead atoms. The number of rotatable bonds is 8. The predicted octanol–water partition coefficient (Wildman–Crippen LogP) is 4.97. The molecule has 0 saturated carbocycles. The molecular formula is C29H31BrN2O7. The summed E-state index contributed by atoms with van der Waals surface area (Å²) in [5.41, 5.74) is 7.38. The molecule has 1 atom stereocenters. The van der Waals surface area contributed by atoms with E-state index in [9.17, 15) is 14.4 Å². The van der Waals surface area contributed by atoms with E-state index in [0.717, 1.165) is 0 Å². The quantitative estimate of drug-likeness (QED) is 0.408. The maximum atomic E-state index is 13.5. The molecule has 0 aromatic heterocycles. The number of anilines is 1. The van der Waals surface area contributed by atoms with Gasteiger partial charge in [0.25, 0.3) is 5.91 Å². The number of nitrogens with two attached hydrogens (primary N) is 1. The number of amides is 1. The van der Waals surface area contributed by atoms with E-state index in [-0.39, 0.29) is 42.3 Å². The lowest BCUT2D eigenvalue weighted by Crippen LogP contribution is -2.36. The molecule has 9 nitrogen and oxygen atoms in total. The van der Waals surface area contributed by atoms with E-state index in [4.69, 9.17) is 24.7 Å². The van der Waals surface area contributed by atoms with Crippen LogP contribution in [0.25, 0.3) is 0 Å². The Balaban J connectivity index is 1.70. The first kappa shape index (κ1) is 28.2. The minimum Gasteiger partial charge on any atom is -0.497 e. The fourth-order valence-electron chi connectivity index (χ4n) is 4.79. The normalized spacial score (nSPS) is 18.2. The summed E-state index contributed by atoms with van der Waals surface area (Å²) in [6, 6.07) is 12.1. The van der Waals surface area contributed by atoms with Crippen LogP contribution in [0.5, 0.6) is 11.5 Å². The topological polar surface area (TPSA) is 126 Å². The van der Waals surface area contributed by atoms with Gasteiger partial charge < -0.3 is 30.0 Å². The van der Waals surface area contributed by atoms with E-state index in [0.29, 0.717) is 45.0 Å². The fourth-order valence-corrected chi connectivity index (χ4v) is 5.17. The van der Waals surface area contributed by atoms with Gasteiger partial charge in [-0.1, -0.05) is 29.8 Å². The molecule has 2 aromatic rings. The number of esters is 1. The fraction of sp³-hybridized carbons (Fsp3) is 0.345. The molecule has 1 heterocycles. The number of hydrogen-bond acceptors (Lipinski definition) is 8. The highest BCUT2D eigenvalue weighted by molar-refractivity contribution is 9.10. The van der Waals surface area contributed by atoms with E-state index in [1.54, 1.807) is 56.5 Å². The summed E-state index contributed by atoms with van der Waals surface area (Å²) in [6.07, 6.45) is 0.742. The predicted molar refractivity (Wildman–Crippen MR) is 148 cm³/mol. The first-order chi connectivity index (χ1) is 18.5. The zero-order valence-corrected chi connectivity index (χ0v) is 23.8. The molecule has 1 amide bonds. The Morgan fingerprint density at radius 1 is 1.15 bits per heavy atom. The number of ketones is 1. The SMILES string of the molecule is CCOC(=O)C1=C(N)OC2=C(C(=O)CC(C)(C)C2)C1c1cc(Br)ccc1OCC(=O)Nc1ccc(OC)cc1. The second-order valence-corrected chi connectivity index (χ2v) is 11.0. The van der Waals surface area contributed by atoms with Gasteiger partial charge in [0.15, 0.2) is 12.4 Å². The lowest BCUT2D eigenvalue weighted by atomic mass is 9.70. The van der Waals surface area contributed by atoms with Crippen molar-refractivity contribution in [1.29, 1.82) is 0 Å². The molecule has 2 aromatic carbocycles. The van der Waals surface area contributed by atoms with Gasteiger partial charge in [0.2, 0.25) is 5.88 Å². The summed E-state index contributed by atoms with van der Waals surface area (Å²) < 4.78 is 22.9. The van der Waals surface area contributed by atoms with E-state index >= 15 is 0 Å². The van der Waals surface area contributed by atoms with Crippen molar-refractivity contribution in [3.63, 3.8) is 0 Å². The number of nitrogens with one attached hydrogen (secondary N) is 1. The van der Waals surface area contributed by atoms with E-state index < -0.39 is 17.8 Å². The lowest BCUT2D eigenvalue weighted by Gasteiger charge is -2.38. The van der Waals surface area contributed by atoms with Crippen LogP contribution in [0.2, 0.25) is 0 Å². The number of carbonyl (C=O) groups is 3. The molecular weight excluding hydrogens is 568 g/mol. The molecule has 206 valence electrons. The molecule has 39 heavy (non-hydrogen) atoms. The molecule has 3 N–H and O–H groups in total. The Labute approximate surface area is 235 Å². The number of hydrogen-bond donors (Lipinski definition) is 2. The molecule has 4 rings (SSSR count). The average Bonchev–Trinajstić information content (AvgIpc) is 2.87. The van der Waals surface area contributed by atoms with Crippen molar-refractivity contribution in [3.05, 3.63) is 75.3 Å². The highest BCUT2D eigenvalue weighted by atomic mass is 79.9. The second-order valence-electron chi connectivity index (χ2n) is 10.1. The molecule has 10 heteroatoms. The third-order valence-corrected chi connectivity index (χ3v) is 6.96. The van der Waals surface area contributed by atoms with Crippen molar-refractivity contribution < 1.29 is 33.3 Å². The van der Waals surface area contributed by atoms with Gasteiger partial charge in [0, 0.05) is 34.1 Å². The van der Waals surface area contributed by atoms with Crippen LogP contribution < -0.4 is 20.5 Å². The largest absolute Gasteiger partial charge is 0.497 e. The summed E-state index contributed by atoms with van der Waals surface area (Å²) >= 11 is 3.48. The summed E-state index contributed by atoms with van der Waals surface area (Å²) in [7, 11) is 1.56. The summed E-state index contributed by atoms with van der Waals surface area (Å²) in [5.74, 6) is -0.837. The van der Waals surface area contributed by atoms with Crippen LogP contribution in [0.4, 0.5) is 5.69 Å². The Bertz CT molecular complexity index is 1360. The summed E-state index contributed by atoms with van der Waals surface area (Å²) in [4.78, 5) is 39.3. The Kier molecular flexibility index (Phi) is 8.34. The van der Waals surface area contributed by atoms with Crippen LogP contribution in [0.3, 0.4) is 0 Å². The Morgan fingerprint density at radius 2 is 1.87 bits per heavy atom. The van der Waals surface area contributed by atoms with E-state index in [1.165, 1.54) is 0 Å². The van der Waals surface area contributed by atoms with Gasteiger partial charge in [0.1, 0.15) is 22.8 Å². The van der Waals surface area contributed by atoms with Crippen LogP contribution in [0.1, 0.15) is 45.1 Å². The molecule has 0 spiro atoms. The molecule has 1 unspecified atom stereocenters. The minimum absolute atomic E-state index is 0.0225. The lowest BCUT2D eigenvalue weighted by molar-refractivity contribution is -0.139. The number of carbonyl (C=O) groups excluding carboxylic acids is 3. The van der Waals surface area contributed by atoms with Gasteiger partial charge in [0.05, 0.1) is 19.6 Å². The Morgan fingerprint density at radius 3 is 2.54 bits per heavy atom. The van der Waals surface area contributed by atoms with Gasteiger partial charge in [-0.2, -0.15) is 0 Å². The molecule has 0 saturated heterocycles. The van der Waals surface area contributed by atoms with Gasteiger partial charge >= 0.3 is 5.97 Å². The maximum Gasteiger partial charge on any atom is 0.340 e. The molecule has 1 aliphatic carbocycles. The van der Waals surface area contributed by atoms with Gasteiger partial charge in [-0.05, 0) is 54.8 Å². The summed E-state index contributed by atoms with van der Waals surface area (Å²) in [6.45, 7) is 5.43. The zero-order valence-electron chi connectivity index (χ0n) is 22.3. The minimum atomic E-state index is -0.895. The van der Waals surface area contributed by atoms with Crippen molar-refractivity contribution >= 4 is 39.3 Å². The van der Waals surface area contributed by atoms with Gasteiger partial charge in [-0.15, -0.1) is 0 Å². The van der Waals surface area contributed by atoms with Crippen LogP contribution in [-0.2, 0) is 23.9 Å². The van der Waals surface area contributed by atoms with E-state index in [2.05, 4.69) is 21.2 Å². The van der Waals surface area contributed by atoms with Crippen molar-refractivity contribution in [2.24, 2.45) is 11.1 Å². The summed E-state index contributed by atoms with van der Waals surface area (Å²) in [5, 5.41) is 2.77. The van der Waals surface area contributed by atoms with E-state index in [1.807, 2.05) is 13.8 Å². The van der Waals surface area contributed by atoms with Gasteiger partial charge in [-0.3, -0.25) is 9.59 Å². The van der Waals surface area contributed by atoms with Crippen LogP contribution in [-0.4, -0.2) is 38.0 Å². The molecule has 0 radical (unpaired) electrons. The van der Waals surface area contributed by atoms with Crippen molar-refractivity contribution in [1.82, 2.24) is 0 Å².